The first-order valence-electron chi connectivity index (χ1n) is 12.5. The van der Waals surface area contributed by atoms with E-state index in [2.05, 4.69) is 5.32 Å². The van der Waals surface area contributed by atoms with Gasteiger partial charge >= 0.3 is 0 Å². The van der Waals surface area contributed by atoms with E-state index in [1.54, 1.807) is 49.4 Å². The van der Waals surface area contributed by atoms with Crippen LogP contribution in [0.1, 0.15) is 26.3 Å². The monoisotopic (exact) mass is 537 g/mol. The van der Waals surface area contributed by atoms with E-state index in [0.29, 0.717) is 17.9 Å². The highest BCUT2D eigenvalue weighted by molar-refractivity contribution is 7.92. The molecule has 0 saturated heterocycles. The van der Waals surface area contributed by atoms with Crippen LogP contribution in [0.4, 0.5) is 5.69 Å². The zero-order valence-electron chi connectivity index (χ0n) is 22.2. The Balaban J connectivity index is 1.95. The molecule has 0 spiro atoms. The molecule has 3 aromatic carbocycles. The van der Waals surface area contributed by atoms with Gasteiger partial charge in [-0.05, 0) is 69.2 Å². The van der Waals surface area contributed by atoms with Gasteiger partial charge in [0.2, 0.25) is 11.8 Å². The number of methoxy groups -OCH3 is 1. The fourth-order valence-electron chi connectivity index (χ4n) is 3.97. The molecule has 38 heavy (non-hydrogen) atoms. The van der Waals surface area contributed by atoms with Crippen molar-refractivity contribution in [3.8, 4) is 5.75 Å². The molecule has 0 aliphatic heterocycles. The molecule has 0 aliphatic rings. The number of amides is 2. The maximum absolute atomic E-state index is 13.8. The van der Waals surface area contributed by atoms with Crippen molar-refractivity contribution in [3.63, 3.8) is 0 Å². The highest BCUT2D eigenvalue weighted by Gasteiger charge is 2.32. The Hall–Kier alpha value is -3.85. The first-order chi connectivity index (χ1) is 18.1. The van der Waals surface area contributed by atoms with Gasteiger partial charge in [0.05, 0.1) is 17.7 Å². The molecule has 3 aromatic rings. The molecule has 0 saturated carbocycles. The molecule has 0 heterocycles. The molecule has 1 N–H and O–H groups in total. The molecule has 0 aliphatic carbocycles. The molecule has 8 nitrogen and oxygen atoms in total. The smallest absolute Gasteiger partial charge is 0.264 e. The number of hydrogen-bond donors (Lipinski definition) is 1. The Morgan fingerprint density at radius 2 is 1.45 bits per heavy atom. The molecule has 202 valence electrons. The van der Waals surface area contributed by atoms with Gasteiger partial charge < -0.3 is 15.0 Å². The Kier molecular flexibility index (Phi) is 9.90. The van der Waals surface area contributed by atoms with Crippen molar-refractivity contribution in [3.05, 3.63) is 90.5 Å². The van der Waals surface area contributed by atoms with E-state index in [1.165, 1.54) is 24.1 Å². The average Bonchev–Trinajstić information content (AvgIpc) is 2.92. The van der Waals surface area contributed by atoms with E-state index >= 15 is 0 Å². The fraction of sp³-hybridized carbons (Fsp3) is 0.310. The van der Waals surface area contributed by atoms with Crippen LogP contribution in [-0.2, 0) is 26.0 Å². The first-order valence-corrected chi connectivity index (χ1v) is 13.9. The lowest BCUT2D eigenvalue weighted by molar-refractivity contribution is -0.139. The summed E-state index contributed by atoms with van der Waals surface area (Å²) in [6.07, 6.45) is 0.516. The van der Waals surface area contributed by atoms with Crippen LogP contribution in [-0.4, -0.2) is 57.4 Å². The largest absolute Gasteiger partial charge is 0.497 e. The number of anilines is 1. The van der Waals surface area contributed by atoms with Gasteiger partial charge in [-0.1, -0.05) is 48.5 Å². The second-order valence-electron chi connectivity index (χ2n) is 9.18. The molecular formula is C29H35N3O5S. The topological polar surface area (TPSA) is 96.0 Å². The van der Waals surface area contributed by atoms with Crippen LogP contribution in [0.25, 0.3) is 0 Å². The summed E-state index contributed by atoms with van der Waals surface area (Å²) in [5, 5.41) is 2.85. The number of ether oxygens (including phenoxy) is 1. The van der Waals surface area contributed by atoms with Crippen LogP contribution < -0.4 is 14.4 Å². The zero-order valence-corrected chi connectivity index (χ0v) is 23.0. The Morgan fingerprint density at radius 3 is 2.00 bits per heavy atom. The highest BCUT2D eigenvalue weighted by Crippen LogP contribution is 2.25. The molecule has 2 amide bonds. The number of nitrogens with one attached hydrogen (secondary N) is 1. The lowest BCUT2D eigenvalue weighted by Gasteiger charge is -2.32. The lowest BCUT2D eigenvalue weighted by atomic mass is 10.1. The third-order valence-corrected chi connectivity index (χ3v) is 7.84. The summed E-state index contributed by atoms with van der Waals surface area (Å²) in [5.41, 5.74) is 1.35. The van der Waals surface area contributed by atoms with Crippen molar-refractivity contribution in [1.29, 1.82) is 0 Å². The Morgan fingerprint density at radius 1 is 0.868 bits per heavy atom. The fourth-order valence-corrected chi connectivity index (χ4v) is 5.39. The van der Waals surface area contributed by atoms with E-state index in [4.69, 9.17) is 4.74 Å². The van der Waals surface area contributed by atoms with Crippen LogP contribution in [0.15, 0.2) is 89.8 Å². The number of hydrogen-bond acceptors (Lipinski definition) is 5. The summed E-state index contributed by atoms with van der Waals surface area (Å²) >= 11 is 0. The van der Waals surface area contributed by atoms with Crippen molar-refractivity contribution >= 4 is 27.5 Å². The van der Waals surface area contributed by atoms with Gasteiger partial charge in [0, 0.05) is 12.6 Å². The Bertz CT molecular complexity index is 1300. The number of rotatable bonds is 12. The lowest BCUT2D eigenvalue weighted by Crippen LogP contribution is -2.53. The molecule has 0 unspecified atom stereocenters. The van der Waals surface area contributed by atoms with Crippen molar-refractivity contribution in [2.24, 2.45) is 0 Å². The van der Waals surface area contributed by atoms with E-state index in [1.807, 2.05) is 44.2 Å². The van der Waals surface area contributed by atoms with Gasteiger partial charge in [-0.2, -0.15) is 0 Å². The first kappa shape index (κ1) is 28.7. The van der Waals surface area contributed by atoms with E-state index in [-0.39, 0.29) is 23.4 Å². The minimum atomic E-state index is -4.11. The van der Waals surface area contributed by atoms with E-state index < -0.39 is 28.5 Å². The molecule has 0 fully saturated rings. The number of benzene rings is 3. The van der Waals surface area contributed by atoms with Crippen LogP contribution in [0.3, 0.4) is 0 Å². The Labute approximate surface area is 225 Å². The number of nitrogens with zero attached hydrogens (tertiary/aromatic N) is 2. The number of para-hydroxylation sites is 1. The summed E-state index contributed by atoms with van der Waals surface area (Å²) in [6, 6.07) is 23.2. The standard InChI is InChI=1S/C29H35N3O5S/c1-22(2)30-29(34)23(3)31(20-19-24-11-7-5-8-12-24)28(33)21-32(25-13-9-6-10-14-25)38(35,36)27-17-15-26(37-4)16-18-27/h5-18,22-23H,19-21H2,1-4H3,(H,30,34)/t23-/m0/s1. The van der Waals surface area contributed by atoms with E-state index in [9.17, 15) is 18.0 Å². The molecule has 1 atom stereocenters. The predicted molar refractivity (Wildman–Crippen MR) is 149 cm³/mol. The van der Waals surface area contributed by atoms with Crippen molar-refractivity contribution in [2.75, 3.05) is 24.5 Å². The zero-order chi connectivity index (χ0) is 27.7. The normalized spacial score (nSPS) is 12.0. The van der Waals surface area contributed by atoms with Gasteiger partial charge in [0.1, 0.15) is 18.3 Å². The quantitative estimate of drug-likeness (QED) is 0.378. The minimum Gasteiger partial charge on any atom is -0.497 e. The summed E-state index contributed by atoms with van der Waals surface area (Å²) in [5.74, 6) is -0.262. The average molecular weight is 538 g/mol. The second kappa shape index (κ2) is 13.1. The van der Waals surface area contributed by atoms with E-state index in [0.717, 1.165) is 9.87 Å². The van der Waals surface area contributed by atoms with Gasteiger partial charge in [-0.3, -0.25) is 13.9 Å². The summed E-state index contributed by atoms with van der Waals surface area (Å²) in [6.45, 7) is 5.14. The molecule has 9 heteroatoms. The molecule has 0 aromatic heterocycles. The molecular weight excluding hydrogens is 502 g/mol. The number of sulfonamides is 1. The van der Waals surface area contributed by atoms with Gasteiger partial charge in [-0.25, -0.2) is 8.42 Å². The van der Waals surface area contributed by atoms with Crippen molar-refractivity contribution < 1.29 is 22.7 Å². The summed E-state index contributed by atoms with van der Waals surface area (Å²) < 4.78 is 33.7. The SMILES string of the molecule is COc1ccc(S(=O)(=O)N(CC(=O)N(CCc2ccccc2)[C@@H](C)C(=O)NC(C)C)c2ccccc2)cc1. The molecule has 0 bridgehead atoms. The van der Waals surface area contributed by atoms with Crippen LogP contribution >= 0.6 is 0 Å². The van der Waals surface area contributed by atoms with Crippen LogP contribution in [0.2, 0.25) is 0 Å². The predicted octanol–water partition coefficient (Wildman–Crippen LogP) is 3.87. The van der Waals surface area contributed by atoms with Gasteiger partial charge in [-0.15, -0.1) is 0 Å². The maximum Gasteiger partial charge on any atom is 0.264 e. The second-order valence-corrected chi connectivity index (χ2v) is 11.0. The minimum absolute atomic E-state index is 0.0244. The number of carbonyl (C=O) groups is 2. The van der Waals surface area contributed by atoms with Crippen LogP contribution in [0, 0.1) is 0 Å². The van der Waals surface area contributed by atoms with Crippen molar-refractivity contribution in [1.82, 2.24) is 10.2 Å². The molecule has 0 radical (unpaired) electrons. The summed E-state index contributed by atoms with van der Waals surface area (Å²) in [7, 11) is -2.61. The highest BCUT2D eigenvalue weighted by atomic mass is 32.2. The third kappa shape index (κ3) is 7.35. The van der Waals surface area contributed by atoms with Crippen molar-refractivity contribution in [2.45, 2.75) is 44.2 Å². The maximum atomic E-state index is 13.8. The van der Waals surface area contributed by atoms with Gasteiger partial charge in [0.25, 0.3) is 10.0 Å². The number of carbonyl (C=O) groups excluding carboxylic acids is 2. The third-order valence-electron chi connectivity index (χ3n) is 6.05. The van der Waals surface area contributed by atoms with Gasteiger partial charge in [0.15, 0.2) is 0 Å². The molecule has 3 rings (SSSR count). The van der Waals surface area contributed by atoms with Crippen LogP contribution in [0.5, 0.6) is 5.75 Å². The summed E-state index contributed by atoms with van der Waals surface area (Å²) in [4.78, 5) is 28.1.